The average Bonchev–Trinajstić information content (AvgIpc) is 3.00. The first kappa shape index (κ1) is 18.9. The minimum absolute atomic E-state index is 0. The Kier molecular flexibility index (Phi) is 7.85. The van der Waals surface area contributed by atoms with Crippen LogP contribution in [0.15, 0.2) is 16.8 Å². The van der Waals surface area contributed by atoms with Gasteiger partial charge in [-0.3, -0.25) is 14.5 Å². The number of thiophene rings is 1. The predicted octanol–water partition coefficient (Wildman–Crippen LogP) is 2.01. The number of hydrogen-bond donors (Lipinski definition) is 2. The number of nitrogens with one attached hydrogen (secondary N) is 1. The van der Waals surface area contributed by atoms with Crippen LogP contribution in [0, 0.1) is 5.92 Å². The van der Waals surface area contributed by atoms with E-state index < -0.39 is 5.97 Å². The molecular formula is C15H23ClN2O3S. The monoisotopic (exact) mass is 346 g/mol. The third kappa shape index (κ3) is 5.59. The highest BCUT2D eigenvalue weighted by atomic mass is 35.5. The molecule has 0 saturated carbocycles. The number of carbonyl (C=O) groups excluding carboxylic acids is 1. The molecule has 1 amide bonds. The molecule has 2 N–H and O–H groups in total. The molecule has 1 aliphatic rings. The van der Waals surface area contributed by atoms with Crippen molar-refractivity contribution in [3.63, 3.8) is 0 Å². The highest BCUT2D eigenvalue weighted by molar-refractivity contribution is 7.07. The summed E-state index contributed by atoms with van der Waals surface area (Å²) in [6, 6.07) is 2.02. The maximum atomic E-state index is 12.1. The molecule has 1 aromatic rings. The number of aliphatic carboxylic acids is 1. The molecule has 0 spiro atoms. The van der Waals surface area contributed by atoms with Crippen molar-refractivity contribution in [3.05, 3.63) is 22.4 Å². The summed E-state index contributed by atoms with van der Waals surface area (Å²) in [7, 11) is 0. The van der Waals surface area contributed by atoms with E-state index in [-0.39, 0.29) is 30.9 Å². The molecule has 7 heteroatoms. The number of nitrogens with zero attached hydrogens (tertiary/aromatic N) is 1. The number of amides is 1. The van der Waals surface area contributed by atoms with Gasteiger partial charge in [-0.15, -0.1) is 12.4 Å². The van der Waals surface area contributed by atoms with E-state index in [0.29, 0.717) is 18.9 Å². The van der Waals surface area contributed by atoms with Crippen molar-refractivity contribution in [1.82, 2.24) is 10.2 Å². The lowest BCUT2D eigenvalue weighted by atomic mass is 9.98. The van der Waals surface area contributed by atoms with E-state index in [1.165, 1.54) is 0 Å². The number of carboxylic acids is 1. The van der Waals surface area contributed by atoms with E-state index in [9.17, 15) is 9.59 Å². The second-order valence-corrected chi connectivity index (χ2v) is 6.40. The smallest absolute Gasteiger partial charge is 0.317 e. The topological polar surface area (TPSA) is 69.6 Å². The molecule has 2 rings (SSSR count). The molecule has 22 heavy (non-hydrogen) atoms. The molecule has 0 unspecified atom stereocenters. The van der Waals surface area contributed by atoms with Gasteiger partial charge in [0.1, 0.15) is 0 Å². The average molecular weight is 347 g/mol. The van der Waals surface area contributed by atoms with Crippen molar-refractivity contribution in [1.29, 1.82) is 0 Å². The molecule has 0 aliphatic carbocycles. The van der Waals surface area contributed by atoms with Crippen LogP contribution in [0.3, 0.4) is 0 Å². The van der Waals surface area contributed by atoms with E-state index in [1.54, 1.807) is 11.3 Å². The summed E-state index contributed by atoms with van der Waals surface area (Å²) in [5.74, 6) is -0.437. The third-order valence-corrected chi connectivity index (χ3v) is 4.56. The van der Waals surface area contributed by atoms with Crippen LogP contribution < -0.4 is 5.32 Å². The van der Waals surface area contributed by atoms with Gasteiger partial charge in [0.2, 0.25) is 5.91 Å². The molecule has 0 radical (unpaired) electrons. The van der Waals surface area contributed by atoms with Crippen LogP contribution in [0.1, 0.15) is 25.3 Å². The van der Waals surface area contributed by atoms with Gasteiger partial charge in [0.15, 0.2) is 0 Å². The second kappa shape index (κ2) is 9.12. The van der Waals surface area contributed by atoms with Crippen molar-refractivity contribution >= 4 is 35.6 Å². The van der Waals surface area contributed by atoms with Gasteiger partial charge < -0.3 is 10.4 Å². The summed E-state index contributed by atoms with van der Waals surface area (Å²) in [4.78, 5) is 24.9. The summed E-state index contributed by atoms with van der Waals surface area (Å²) in [5.41, 5.74) is 1.03. The summed E-state index contributed by atoms with van der Waals surface area (Å²) >= 11 is 1.59. The van der Waals surface area contributed by atoms with Gasteiger partial charge in [-0.1, -0.05) is 13.3 Å². The lowest BCUT2D eigenvalue weighted by Gasteiger charge is -2.19. The lowest BCUT2D eigenvalue weighted by Crippen LogP contribution is -2.41. The lowest BCUT2D eigenvalue weighted by molar-refractivity contribution is -0.138. The molecular weight excluding hydrogens is 324 g/mol. The molecule has 2 heterocycles. The van der Waals surface area contributed by atoms with Crippen molar-refractivity contribution in [2.24, 2.45) is 5.92 Å². The SMILES string of the molecule is CCC[C@H]1CN(CC(=O)O)C[C@@H]1NC(=O)Cc1ccsc1.Cl. The Balaban J connectivity index is 0.00000242. The Morgan fingerprint density at radius 2 is 2.23 bits per heavy atom. The molecule has 1 aliphatic heterocycles. The Morgan fingerprint density at radius 3 is 2.82 bits per heavy atom. The molecule has 2 atom stereocenters. The van der Waals surface area contributed by atoms with Gasteiger partial charge in [0, 0.05) is 19.1 Å². The number of rotatable bonds is 7. The normalized spacial score (nSPS) is 21.3. The molecule has 1 saturated heterocycles. The highest BCUT2D eigenvalue weighted by Crippen LogP contribution is 2.21. The van der Waals surface area contributed by atoms with Crippen molar-refractivity contribution in [3.8, 4) is 0 Å². The molecule has 0 aromatic carbocycles. The minimum atomic E-state index is -0.810. The van der Waals surface area contributed by atoms with Crippen molar-refractivity contribution in [2.75, 3.05) is 19.6 Å². The maximum Gasteiger partial charge on any atom is 0.317 e. The standard InChI is InChI=1S/C15H22N2O3S.ClH/c1-2-3-12-7-17(9-15(19)20)8-13(12)16-14(18)6-11-4-5-21-10-11;/h4-5,10,12-13H,2-3,6-9H2,1H3,(H,16,18)(H,19,20);1H/t12-,13-;/m0./s1. The number of likely N-dealkylation sites (tertiary alicyclic amines) is 1. The summed E-state index contributed by atoms with van der Waals surface area (Å²) < 4.78 is 0. The summed E-state index contributed by atoms with van der Waals surface area (Å²) in [6.07, 6.45) is 2.46. The summed E-state index contributed by atoms with van der Waals surface area (Å²) in [6.45, 7) is 3.55. The Hall–Kier alpha value is -1.11. The van der Waals surface area contributed by atoms with Gasteiger partial charge in [-0.2, -0.15) is 11.3 Å². The van der Waals surface area contributed by atoms with E-state index in [4.69, 9.17) is 5.11 Å². The number of hydrogen-bond acceptors (Lipinski definition) is 4. The molecule has 1 aromatic heterocycles. The Bertz CT molecular complexity index is 481. The van der Waals surface area contributed by atoms with Crippen LogP contribution in [-0.4, -0.2) is 47.6 Å². The number of carbonyl (C=O) groups is 2. The van der Waals surface area contributed by atoms with E-state index in [1.807, 2.05) is 21.7 Å². The third-order valence-electron chi connectivity index (χ3n) is 3.83. The van der Waals surface area contributed by atoms with Gasteiger partial charge in [0.25, 0.3) is 0 Å². The van der Waals surface area contributed by atoms with Crippen molar-refractivity contribution in [2.45, 2.75) is 32.2 Å². The predicted molar refractivity (Wildman–Crippen MR) is 89.7 cm³/mol. The Morgan fingerprint density at radius 1 is 1.45 bits per heavy atom. The Labute approximate surface area is 141 Å². The number of halogens is 1. The highest BCUT2D eigenvalue weighted by Gasteiger charge is 2.33. The van der Waals surface area contributed by atoms with Crippen LogP contribution in [0.4, 0.5) is 0 Å². The van der Waals surface area contributed by atoms with Crippen LogP contribution in [0.25, 0.3) is 0 Å². The molecule has 124 valence electrons. The molecule has 5 nitrogen and oxygen atoms in total. The van der Waals surface area contributed by atoms with Crippen LogP contribution >= 0.6 is 23.7 Å². The van der Waals surface area contributed by atoms with Gasteiger partial charge >= 0.3 is 5.97 Å². The first-order valence-electron chi connectivity index (χ1n) is 7.33. The quantitative estimate of drug-likeness (QED) is 0.792. The minimum Gasteiger partial charge on any atom is -0.480 e. The second-order valence-electron chi connectivity index (χ2n) is 5.62. The zero-order valence-electron chi connectivity index (χ0n) is 12.7. The number of carboxylic acid groups (broad SMARTS) is 1. The van der Waals surface area contributed by atoms with Gasteiger partial charge in [0.05, 0.1) is 13.0 Å². The van der Waals surface area contributed by atoms with Crippen molar-refractivity contribution < 1.29 is 14.7 Å². The van der Waals surface area contributed by atoms with Gasteiger partial charge in [-0.25, -0.2) is 0 Å². The zero-order valence-corrected chi connectivity index (χ0v) is 14.3. The van der Waals surface area contributed by atoms with E-state index in [0.717, 1.165) is 24.9 Å². The first-order valence-corrected chi connectivity index (χ1v) is 8.27. The molecule has 1 fully saturated rings. The van der Waals surface area contributed by atoms with Crippen LogP contribution in [0.2, 0.25) is 0 Å². The molecule has 0 bridgehead atoms. The van der Waals surface area contributed by atoms with Crippen LogP contribution in [-0.2, 0) is 16.0 Å². The zero-order chi connectivity index (χ0) is 15.2. The first-order chi connectivity index (χ1) is 10.1. The largest absolute Gasteiger partial charge is 0.480 e. The summed E-state index contributed by atoms with van der Waals surface area (Å²) in [5, 5.41) is 15.9. The fourth-order valence-electron chi connectivity index (χ4n) is 2.94. The van der Waals surface area contributed by atoms with E-state index in [2.05, 4.69) is 12.2 Å². The fourth-order valence-corrected chi connectivity index (χ4v) is 3.61. The maximum absolute atomic E-state index is 12.1. The fraction of sp³-hybridized carbons (Fsp3) is 0.600. The van der Waals surface area contributed by atoms with Gasteiger partial charge in [-0.05, 0) is 34.7 Å². The van der Waals surface area contributed by atoms with Crippen LogP contribution in [0.5, 0.6) is 0 Å². The van der Waals surface area contributed by atoms with E-state index >= 15 is 0 Å².